The fourth-order valence-corrected chi connectivity index (χ4v) is 3.21. The molecule has 5 nitrogen and oxygen atoms in total. The third kappa shape index (κ3) is 3.37. The summed E-state index contributed by atoms with van der Waals surface area (Å²) in [6.07, 6.45) is 1.70. The third-order valence-corrected chi connectivity index (χ3v) is 4.72. The first kappa shape index (κ1) is 15.4. The van der Waals surface area contributed by atoms with Crippen molar-refractivity contribution in [3.8, 4) is 0 Å². The minimum absolute atomic E-state index is 0.229. The average molecular weight is 316 g/mol. The number of alkyl halides is 1. The molecule has 1 aliphatic heterocycles. The van der Waals surface area contributed by atoms with Crippen molar-refractivity contribution in [2.45, 2.75) is 38.1 Å². The molecule has 1 saturated heterocycles. The number of hydrogen-bond acceptors (Lipinski definition) is 5. The van der Waals surface area contributed by atoms with Gasteiger partial charge in [0, 0.05) is 18.3 Å². The molecule has 0 saturated carbocycles. The van der Waals surface area contributed by atoms with E-state index in [4.69, 9.17) is 11.6 Å². The van der Waals surface area contributed by atoms with Crippen LogP contribution in [0.25, 0.3) is 0 Å². The molecule has 0 atom stereocenters. The lowest BCUT2D eigenvalue weighted by molar-refractivity contribution is -0.145. The van der Waals surface area contributed by atoms with Crippen LogP contribution >= 0.6 is 22.9 Å². The highest BCUT2D eigenvalue weighted by Gasteiger charge is 2.40. The van der Waals surface area contributed by atoms with Crippen molar-refractivity contribution in [2.24, 2.45) is 0 Å². The van der Waals surface area contributed by atoms with E-state index in [1.54, 1.807) is 11.3 Å². The van der Waals surface area contributed by atoms with Gasteiger partial charge in [-0.2, -0.15) is 0 Å². The lowest BCUT2D eigenvalue weighted by atomic mass is 9.98. The number of aryl methyl sites for hydroxylation is 1. The number of carbonyl (C=O) groups is 2. The number of rotatable bonds is 5. The number of carbonyl (C=O) groups excluding carboxylic acids is 2. The molecular weight excluding hydrogens is 298 g/mol. The largest absolute Gasteiger partial charge is 0.294 e. The van der Waals surface area contributed by atoms with Gasteiger partial charge in [-0.15, -0.1) is 22.9 Å². The van der Waals surface area contributed by atoms with Crippen LogP contribution < -0.4 is 5.32 Å². The summed E-state index contributed by atoms with van der Waals surface area (Å²) < 4.78 is 0. The van der Waals surface area contributed by atoms with Gasteiger partial charge in [0.15, 0.2) is 0 Å². The Labute approximate surface area is 127 Å². The van der Waals surface area contributed by atoms with Crippen LogP contribution in [0.3, 0.4) is 0 Å². The van der Waals surface area contributed by atoms with Crippen LogP contribution in [0.2, 0.25) is 0 Å². The zero-order valence-corrected chi connectivity index (χ0v) is 13.2. The molecule has 1 aromatic heterocycles. The zero-order valence-electron chi connectivity index (χ0n) is 11.6. The molecule has 2 heterocycles. The zero-order chi connectivity index (χ0) is 14.8. The van der Waals surface area contributed by atoms with Gasteiger partial charge in [-0.1, -0.05) is 0 Å². The number of aromatic nitrogens is 1. The SMILES string of the molecule is CC1(C)C(=O)NC(=O)CN1CCCc1nc(CCl)cs1. The maximum atomic E-state index is 11.8. The molecule has 0 spiro atoms. The van der Waals surface area contributed by atoms with Gasteiger partial charge in [-0.3, -0.25) is 19.8 Å². The van der Waals surface area contributed by atoms with E-state index in [1.165, 1.54) is 0 Å². The highest BCUT2D eigenvalue weighted by atomic mass is 35.5. The second-order valence-corrected chi connectivity index (χ2v) is 6.54. The van der Waals surface area contributed by atoms with E-state index in [0.717, 1.165) is 23.5 Å². The van der Waals surface area contributed by atoms with E-state index in [1.807, 2.05) is 24.1 Å². The molecule has 0 aromatic carbocycles. The molecule has 2 amide bonds. The molecule has 1 aromatic rings. The topological polar surface area (TPSA) is 62.3 Å². The quantitative estimate of drug-likeness (QED) is 0.661. The summed E-state index contributed by atoms with van der Waals surface area (Å²) in [5.74, 6) is -0.0231. The molecule has 2 rings (SSSR count). The Balaban J connectivity index is 1.89. The maximum Gasteiger partial charge on any atom is 0.246 e. The Morgan fingerprint density at radius 1 is 1.50 bits per heavy atom. The molecule has 1 N–H and O–H groups in total. The molecule has 0 bridgehead atoms. The van der Waals surface area contributed by atoms with Crippen LogP contribution in [-0.2, 0) is 21.9 Å². The van der Waals surface area contributed by atoms with Crippen LogP contribution in [0.15, 0.2) is 5.38 Å². The molecule has 0 radical (unpaired) electrons. The number of hydrogen-bond donors (Lipinski definition) is 1. The normalized spacial score (nSPS) is 19.1. The Bertz CT molecular complexity index is 515. The summed E-state index contributed by atoms with van der Waals surface area (Å²) in [5, 5.41) is 5.38. The Morgan fingerprint density at radius 3 is 2.90 bits per heavy atom. The van der Waals surface area contributed by atoms with Crippen molar-refractivity contribution in [3.63, 3.8) is 0 Å². The molecule has 0 unspecified atom stereocenters. The molecule has 1 fully saturated rings. The van der Waals surface area contributed by atoms with E-state index < -0.39 is 5.54 Å². The molecule has 7 heteroatoms. The van der Waals surface area contributed by atoms with Crippen molar-refractivity contribution in [2.75, 3.05) is 13.1 Å². The van der Waals surface area contributed by atoms with Crippen LogP contribution in [0.4, 0.5) is 0 Å². The minimum atomic E-state index is -0.641. The number of halogens is 1. The first-order chi connectivity index (χ1) is 9.43. The van der Waals surface area contributed by atoms with Crippen molar-refractivity contribution in [1.82, 2.24) is 15.2 Å². The van der Waals surface area contributed by atoms with Crippen molar-refractivity contribution >= 4 is 34.8 Å². The summed E-state index contributed by atoms with van der Waals surface area (Å²) in [7, 11) is 0. The summed E-state index contributed by atoms with van der Waals surface area (Å²) in [6, 6.07) is 0. The second kappa shape index (κ2) is 6.20. The number of imide groups is 1. The molecular formula is C13H18ClN3O2S. The number of amides is 2. The van der Waals surface area contributed by atoms with Gasteiger partial charge < -0.3 is 0 Å². The van der Waals surface area contributed by atoms with Crippen LogP contribution in [-0.4, -0.2) is 40.3 Å². The lowest BCUT2D eigenvalue weighted by Gasteiger charge is -2.40. The van der Waals surface area contributed by atoms with Gasteiger partial charge in [-0.25, -0.2) is 4.98 Å². The van der Waals surface area contributed by atoms with Gasteiger partial charge in [0.05, 0.1) is 28.7 Å². The molecule has 1 aliphatic rings. The van der Waals surface area contributed by atoms with E-state index >= 15 is 0 Å². The van der Waals surface area contributed by atoms with E-state index in [-0.39, 0.29) is 18.4 Å². The van der Waals surface area contributed by atoms with E-state index in [0.29, 0.717) is 12.4 Å². The van der Waals surface area contributed by atoms with Crippen LogP contribution in [0.5, 0.6) is 0 Å². The first-order valence-corrected chi connectivity index (χ1v) is 7.93. The first-order valence-electron chi connectivity index (χ1n) is 6.52. The maximum absolute atomic E-state index is 11.8. The summed E-state index contributed by atoms with van der Waals surface area (Å²) in [4.78, 5) is 29.6. The minimum Gasteiger partial charge on any atom is -0.294 e. The highest BCUT2D eigenvalue weighted by molar-refractivity contribution is 7.09. The number of nitrogens with zero attached hydrogens (tertiary/aromatic N) is 2. The predicted octanol–water partition coefficient (Wildman–Crippen LogP) is 1.55. The van der Waals surface area contributed by atoms with Crippen LogP contribution in [0, 0.1) is 0 Å². The molecule has 20 heavy (non-hydrogen) atoms. The number of thiazole rings is 1. The van der Waals surface area contributed by atoms with Gasteiger partial charge in [0.25, 0.3) is 0 Å². The Hall–Kier alpha value is -0.980. The van der Waals surface area contributed by atoms with E-state index in [9.17, 15) is 9.59 Å². The summed E-state index contributed by atoms with van der Waals surface area (Å²) in [5.41, 5.74) is 0.262. The van der Waals surface area contributed by atoms with Gasteiger partial charge >= 0.3 is 0 Å². The van der Waals surface area contributed by atoms with Crippen molar-refractivity contribution in [1.29, 1.82) is 0 Å². The second-order valence-electron chi connectivity index (χ2n) is 5.33. The summed E-state index contributed by atoms with van der Waals surface area (Å²) in [6.45, 7) is 4.64. The number of nitrogens with one attached hydrogen (secondary N) is 1. The standard InChI is InChI=1S/C13H18ClN3O2S/c1-13(2)12(19)16-10(18)7-17(13)5-3-4-11-15-9(6-14)8-20-11/h8H,3-7H2,1-2H3,(H,16,18,19). The van der Waals surface area contributed by atoms with Crippen molar-refractivity contribution < 1.29 is 9.59 Å². The number of piperazine rings is 1. The predicted molar refractivity (Wildman–Crippen MR) is 78.8 cm³/mol. The van der Waals surface area contributed by atoms with Crippen molar-refractivity contribution in [3.05, 3.63) is 16.1 Å². The summed E-state index contributed by atoms with van der Waals surface area (Å²) >= 11 is 7.32. The molecule has 110 valence electrons. The fraction of sp³-hybridized carbons (Fsp3) is 0.615. The highest BCUT2D eigenvalue weighted by Crippen LogP contribution is 2.19. The molecule has 0 aliphatic carbocycles. The average Bonchev–Trinajstić information content (AvgIpc) is 2.83. The smallest absolute Gasteiger partial charge is 0.246 e. The Kier molecular flexibility index (Phi) is 4.78. The third-order valence-electron chi connectivity index (χ3n) is 3.49. The van der Waals surface area contributed by atoms with E-state index in [2.05, 4.69) is 10.3 Å². The monoisotopic (exact) mass is 315 g/mol. The van der Waals surface area contributed by atoms with Gasteiger partial charge in [0.1, 0.15) is 0 Å². The fourth-order valence-electron chi connectivity index (χ4n) is 2.14. The van der Waals surface area contributed by atoms with Gasteiger partial charge in [-0.05, 0) is 20.3 Å². The van der Waals surface area contributed by atoms with Crippen LogP contribution in [0.1, 0.15) is 31.0 Å². The van der Waals surface area contributed by atoms with Gasteiger partial charge in [0.2, 0.25) is 11.8 Å². The Morgan fingerprint density at radius 2 is 2.25 bits per heavy atom. The lowest BCUT2D eigenvalue weighted by Crippen LogP contribution is -2.64.